The molecule has 0 radical (unpaired) electrons. The zero-order chi connectivity index (χ0) is 17.0. The fourth-order valence-corrected chi connectivity index (χ4v) is 1.81. The molecule has 1 rings (SSSR count). The van der Waals surface area contributed by atoms with Crippen molar-refractivity contribution in [1.82, 2.24) is 0 Å². The van der Waals surface area contributed by atoms with Crippen LogP contribution >= 0.6 is 0 Å². The first-order valence-corrected chi connectivity index (χ1v) is 7.02. The Morgan fingerprint density at radius 1 is 1.23 bits per heavy atom. The number of phenolic OH excluding ortho intramolecular Hbond substituents is 1. The van der Waals surface area contributed by atoms with Gasteiger partial charge in [0.2, 0.25) is 11.1 Å². The normalized spacial score (nSPS) is 13.7. The number of hydrogen-bond donors (Lipinski definition) is 2. The molecule has 10 heteroatoms. The third kappa shape index (κ3) is 4.17. The van der Waals surface area contributed by atoms with Crippen molar-refractivity contribution in [2.24, 2.45) is 0 Å². The number of phenols is 1. The lowest BCUT2D eigenvalue weighted by molar-refractivity contribution is -0.162. The zero-order valence-electron chi connectivity index (χ0n) is 11.0. The number of para-hydroxylation sites is 1. The molecule has 0 saturated heterocycles. The minimum Gasteiger partial charge on any atom is -0.507 e. The van der Waals surface area contributed by atoms with Crippen LogP contribution < -0.4 is 0 Å². The number of carbonyl (C=O) groups excluding carboxylic acids is 1. The maximum atomic E-state index is 13.1. The summed E-state index contributed by atoms with van der Waals surface area (Å²) in [5, 5.41) is 4.26. The van der Waals surface area contributed by atoms with Crippen molar-refractivity contribution in [2.75, 3.05) is 6.61 Å². The topological polar surface area (TPSA) is 83.8 Å². The van der Waals surface area contributed by atoms with Crippen molar-refractivity contribution in [1.29, 1.82) is 0 Å². The average Bonchev–Trinajstić information content (AvgIpc) is 2.43. The number of esters is 1. The lowest BCUT2D eigenvalue weighted by atomic mass is 10.2. The fourth-order valence-electron chi connectivity index (χ4n) is 1.46. The Kier molecular flexibility index (Phi) is 5.89. The second kappa shape index (κ2) is 7.05. The molecule has 0 amide bonds. The molecule has 1 aromatic carbocycles. The number of aromatic hydroxyl groups is 1. The van der Waals surface area contributed by atoms with Gasteiger partial charge in [-0.15, -0.1) is 0 Å². The summed E-state index contributed by atoms with van der Waals surface area (Å²) < 4.78 is 74.7. The van der Waals surface area contributed by atoms with Crippen LogP contribution in [0.4, 0.5) is 17.6 Å². The van der Waals surface area contributed by atoms with Gasteiger partial charge in [0.25, 0.3) is 0 Å². The summed E-state index contributed by atoms with van der Waals surface area (Å²) in [5.74, 6) is -6.09. The van der Waals surface area contributed by atoms with Gasteiger partial charge in [-0.1, -0.05) is 12.1 Å². The number of rotatable bonds is 7. The van der Waals surface area contributed by atoms with E-state index in [1.165, 1.54) is 24.3 Å². The monoisotopic (exact) mass is 344 g/mol. The van der Waals surface area contributed by atoms with Crippen molar-refractivity contribution in [3.63, 3.8) is 0 Å². The van der Waals surface area contributed by atoms with Crippen LogP contribution in [0.2, 0.25) is 0 Å². The summed E-state index contributed by atoms with van der Waals surface area (Å²) in [5.41, 5.74) is -0.198. The predicted octanol–water partition coefficient (Wildman–Crippen LogP) is 2.78. The summed E-state index contributed by atoms with van der Waals surface area (Å²) in [4.78, 5) is 11.5. The highest BCUT2D eigenvalue weighted by Gasteiger charge is 2.60. The van der Waals surface area contributed by atoms with Crippen molar-refractivity contribution in [3.05, 3.63) is 29.8 Å². The molecule has 0 fully saturated rings. The molecule has 5 nitrogen and oxygen atoms in total. The molecule has 1 unspecified atom stereocenters. The summed E-state index contributed by atoms with van der Waals surface area (Å²) >= 11 is -4.02. The molecule has 2 N–H and O–H groups in total. The fraction of sp³-hybridized carbons (Fsp3) is 0.417. The molecule has 0 aliphatic carbocycles. The number of carbonyl (C=O) groups is 1. The van der Waals surface area contributed by atoms with E-state index < -0.39 is 47.7 Å². The van der Waals surface area contributed by atoms with Gasteiger partial charge >= 0.3 is 17.1 Å². The SMILES string of the molecule is O=C(OCCCC(F)(F)C(F)(F)S(=O)O)c1ccccc1O. The van der Waals surface area contributed by atoms with E-state index in [0.29, 0.717) is 0 Å². The van der Waals surface area contributed by atoms with E-state index >= 15 is 0 Å². The van der Waals surface area contributed by atoms with Crippen LogP contribution in [0.5, 0.6) is 5.75 Å². The van der Waals surface area contributed by atoms with Gasteiger partial charge in [0.15, 0.2) is 0 Å². The number of benzene rings is 1. The Labute approximate surface area is 125 Å². The first-order valence-electron chi connectivity index (χ1n) is 5.91. The van der Waals surface area contributed by atoms with E-state index in [9.17, 15) is 31.7 Å². The molecule has 0 heterocycles. The standard InChI is InChI=1S/C12H12F4O5S/c13-11(14,12(15,16)22(19)20)6-3-7-21-10(18)8-4-1-2-5-9(8)17/h1-2,4-5,17H,3,6-7H2,(H,19,20). The van der Waals surface area contributed by atoms with Crippen LogP contribution in [0.15, 0.2) is 24.3 Å². The van der Waals surface area contributed by atoms with Gasteiger partial charge in [-0.25, -0.2) is 9.00 Å². The van der Waals surface area contributed by atoms with Crippen LogP contribution in [-0.4, -0.2) is 37.6 Å². The zero-order valence-corrected chi connectivity index (χ0v) is 11.8. The molecule has 124 valence electrons. The first kappa shape index (κ1) is 18.4. The van der Waals surface area contributed by atoms with Crippen molar-refractivity contribution >= 4 is 17.0 Å². The third-order valence-corrected chi connectivity index (χ3v) is 3.37. The molecular weight excluding hydrogens is 332 g/mol. The largest absolute Gasteiger partial charge is 0.507 e. The third-order valence-electron chi connectivity index (χ3n) is 2.64. The van der Waals surface area contributed by atoms with E-state index in [2.05, 4.69) is 4.74 Å². The second-order valence-corrected chi connectivity index (χ2v) is 5.24. The Balaban J connectivity index is 2.51. The van der Waals surface area contributed by atoms with Gasteiger partial charge in [-0.3, -0.25) is 0 Å². The Hall–Kier alpha value is -1.68. The Morgan fingerprint density at radius 2 is 1.82 bits per heavy atom. The maximum absolute atomic E-state index is 13.1. The molecule has 1 aromatic rings. The number of alkyl halides is 4. The van der Waals surface area contributed by atoms with Crippen LogP contribution in [0, 0.1) is 0 Å². The maximum Gasteiger partial charge on any atom is 0.406 e. The quantitative estimate of drug-likeness (QED) is 0.344. The summed E-state index contributed by atoms with van der Waals surface area (Å²) in [6, 6.07) is 5.32. The molecule has 0 aliphatic rings. The van der Waals surface area contributed by atoms with E-state index in [0.717, 1.165) is 0 Å². The van der Waals surface area contributed by atoms with Crippen LogP contribution in [-0.2, 0) is 15.8 Å². The van der Waals surface area contributed by atoms with E-state index in [1.54, 1.807) is 0 Å². The number of ether oxygens (including phenoxy) is 1. The van der Waals surface area contributed by atoms with E-state index in [1.807, 2.05) is 0 Å². The van der Waals surface area contributed by atoms with Gasteiger partial charge in [0, 0.05) is 6.42 Å². The minimum absolute atomic E-state index is 0.198. The lowest BCUT2D eigenvalue weighted by Crippen LogP contribution is -2.44. The highest BCUT2D eigenvalue weighted by molar-refractivity contribution is 7.80. The lowest BCUT2D eigenvalue weighted by Gasteiger charge is -2.23. The van der Waals surface area contributed by atoms with Gasteiger partial charge in [-0.2, -0.15) is 17.6 Å². The van der Waals surface area contributed by atoms with E-state index in [4.69, 9.17) is 4.55 Å². The van der Waals surface area contributed by atoms with Crippen molar-refractivity contribution in [2.45, 2.75) is 24.0 Å². The molecule has 0 bridgehead atoms. The van der Waals surface area contributed by atoms with Crippen LogP contribution in [0.3, 0.4) is 0 Å². The smallest absolute Gasteiger partial charge is 0.406 e. The molecule has 1 atom stereocenters. The second-order valence-electron chi connectivity index (χ2n) is 4.23. The van der Waals surface area contributed by atoms with E-state index in [-0.39, 0.29) is 11.3 Å². The first-order chi connectivity index (χ1) is 10.1. The van der Waals surface area contributed by atoms with Crippen LogP contribution in [0.25, 0.3) is 0 Å². The van der Waals surface area contributed by atoms with Gasteiger partial charge in [0.1, 0.15) is 11.3 Å². The summed E-state index contributed by atoms with van der Waals surface area (Å²) in [6.45, 7) is -0.614. The predicted molar refractivity (Wildman–Crippen MR) is 68.3 cm³/mol. The Bertz CT molecular complexity index is 564. The van der Waals surface area contributed by atoms with Gasteiger partial charge in [0.05, 0.1) is 6.61 Å². The average molecular weight is 344 g/mol. The molecule has 22 heavy (non-hydrogen) atoms. The van der Waals surface area contributed by atoms with Crippen molar-refractivity contribution < 1.29 is 41.0 Å². The van der Waals surface area contributed by atoms with Crippen molar-refractivity contribution in [3.8, 4) is 5.75 Å². The van der Waals surface area contributed by atoms with Gasteiger partial charge in [-0.05, 0) is 18.6 Å². The van der Waals surface area contributed by atoms with Crippen LogP contribution in [0.1, 0.15) is 23.2 Å². The summed E-state index contributed by atoms with van der Waals surface area (Å²) in [7, 11) is 0. The summed E-state index contributed by atoms with van der Waals surface area (Å²) in [6.07, 6.45) is -2.10. The highest BCUT2D eigenvalue weighted by Crippen LogP contribution is 2.39. The van der Waals surface area contributed by atoms with Gasteiger partial charge < -0.3 is 14.4 Å². The molecular formula is C12H12F4O5S. The molecule has 0 spiro atoms. The molecule has 0 aromatic heterocycles. The number of halogens is 4. The Morgan fingerprint density at radius 3 is 2.36 bits per heavy atom. The molecule has 0 saturated carbocycles. The molecule has 0 aliphatic heterocycles. The minimum atomic E-state index is -5.09. The number of hydrogen-bond acceptors (Lipinski definition) is 4. The highest BCUT2D eigenvalue weighted by atomic mass is 32.2.